The van der Waals surface area contributed by atoms with Gasteiger partial charge in [-0.15, -0.1) is 0 Å². The van der Waals surface area contributed by atoms with E-state index in [0.717, 1.165) is 6.07 Å². The van der Waals surface area contributed by atoms with E-state index in [1.165, 1.54) is 30.5 Å². The zero-order chi connectivity index (χ0) is 21.9. The number of benzene rings is 1. The molecule has 0 fully saturated rings. The second-order valence-corrected chi connectivity index (χ2v) is 7.19. The Morgan fingerprint density at radius 3 is 2.37 bits per heavy atom. The van der Waals surface area contributed by atoms with Gasteiger partial charge in [-0.2, -0.15) is 13.2 Å². The molecule has 0 aliphatic heterocycles. The van der Waals surface area contributed by atoms with E-state index < -0.39 is 23.2 Å². The van der Waals surface area contributed by atoms with Gasteiger partial charge in [0.1, 0.15) is 17.5 Å². The molecule has 0 spiro atoms. The Morgan fingerprint density at radius 1 is 1.00 bits per heavy atom. The molecule has 2 heterocycles. The number of nitrogens with zero attached hydrogens (tertiary/aromatic N) is 3. The maximum atomic E-state index is 14.2. The lowest BCUT2D eigenvalue weighted by Gasteiger charge is -2.19. The molecular weight excluding hydrogens is 402 g/mol. The van der Waals surface area contributed by atoms with Crippen LogP contribution in [-0.4, -0.2) is 32.2 Å². The minimum atomic E-state index is -4.55. The molecule has 0 unspecified atom stereocenters. The number of pyridine rings is 1. The van der Waals surface area contributed by atoms with E-state index in [0.29, 0.717) is 6.20 Å². The number of rotatable bonds is 6. The SMILES string of the molecule is CC(C)(O)CNc1cc(Nc2cncc(C(F)(F)F)c2)nc(-c2ccccc2F)n1. The molecule has 158 valence electrons. The smallest absolute Gasteiger partial charge is 0.389 e. The number of anilines is 3. The lowest BCUT2D eigenvalue weighted by Crippen LogP contribution is -2.29. The molecule has 0 aliphatic carbocycles. The molecule has 0 saturated carbocycles. The molecule has 0 bridgehead atoms. The second-order valence-electron chi connectivity index (χ2n) is 7.19. The molecular formula is C20H19F4N5O. The van der Waals surface area contributed by atoms with E-state index in [2.05, 4.69) is 25.6 Å². The van der Waals surface area contributed by atoms with Crippen molar-refractivity contribution in [3.8, 4) is 11.4 Å². The number of aromatic nitrogens is 3. The first kappa shape index (κ1) is 21.4. The van der Waals surface area contributed by atoms with Crippen LogP contribution in [0.3, 0.4) is 0 Å². The van der Waals surface area contributed by atoms with E-state index >= 15 is 0 Å². The first-order valence-corrected chi connectivity index (χ1v) is 8.91. The fourth-order valence-electron chi connectivity index (χ4n) is 2.48. The highest BCUT2D eigenvalue weighted by Gasteiger charge is 2.31. The van der Waals surface area contributed by atoms with Crippen LogP contribution in [-0.2, 0) is 6.18 Å². The van der Waals surface area contributed by atoms with Crippen LogP contribution >= 0.6 is 0 Å². The van der Waals surface area contributed by atoms with Crippen LogP contribution in [0.15, 0.2) is 48.8 Å². The van der Waals surface area contributed by atoms with Gasteiger partial charge in [0, 0.05) is 18.8 Å². The van der Waals surface area contributed by atoms with Crippen molar-refractivity contribution in [1.29, 1.82) is 0 Å². The van der Waals surface area contributed by atoms with Gasteiger partial charge in [0.25, 0.3) is 0 Å². The Hall–Kier alpha value is -3.27. The third kappa shape index (κ3) is 5.63. The maximum absolute atomic E-state index is 14.2. The van der Waals surface area contributed by atoms with Crippen molar-refractivity contribution in [2.24, 2.45) is 0 Å². The second kappa shape index (κ2) is 8.23. The Labute approximate surface area is 170 Å². The third-order valence-corrected chi connectivity index (χ3v) is 3.88. The highest BCUT2D eigenvalue weighted by atomic mass is 19.4. The Kier molecular flexibility index (Phi) is 5.88. The van der Waals surface area contributed by atoms with Crippen molar-refractivity contribution in [3.63, 3.8) is 0 Å². The predicted molar refractivity (Wildman–Crippen MR) is 105 cm³/mol. The van der Waals surface area contributed by atoms with Crippen LogP contribution in [0.2, 0.25) is 0 Å². The summed E-state index contributed by atoms with van der Waals surface area (Å²) in [4.78, 5) is 12.1. The summed E-state index contributed by atoms with van der Waals surface area (Å²) in [5, 5.41) is 15.6. The van der Waals surface area contributed by atoms with Crippen molar-refractivity contribution in [3.05, 3.63) is 60.2 Å². The largest absolute Gasteiger partial charge is 0.417 e. The first-order valence-electron chi connectivity index (χ1n) is 8.91. The van der Waals surface area contributed by atoms with Gasteiger partial charge in [0.15, 0.2) is 5.82 Å². The fraction of sp³-hybridized carbons (Fsp3) is 0.250. The molecule has 10 heteroatoms. The van der Waals surface area contributed by atoms with E-state index in [4.69, 9.17) is 0 Å². The number of alkyl halides is 3. The topological polar surface area (TPSA) is 83.0 Å². The Bertz CT molecular complexity index is 1030. The summed E-state index contributed by atoms with van der Waals surface area (Å²) in [5.41, 5.74) is -1.80. The van der Waals surface area contributed by atoms with Crippen molar-refractivity contribution in [1.82, 2.24) is 15.0 Å². The summed E-state index contributed by atoms with van der Waals surface area (Å²) in [5.74, 6) is -0.143. The standard InChI is InChI=1S/C20H19F4N5O/c1-19(2,30)11-26-16-8-17(27-13-7-12(9-25-10-13)20(22,23)24)29-18(28-16)14-5-3-4-6-15(14)21/h3-10,30H,11H2,1-2H3,(H2,26,27,28,29). The summed E-state index contributed by atoms with van der Waals surface area (Å²) in [6, 6.07) is 8.20. The maximum Gasteiger partial charge on any atom is 0.417 e. The summed E-state index contributed by atoms with van der Waals surface area (Å²) in [7, 11) is 0. The molecule has 3 rings (SSSR count). The predicted octanol–water partition coefficient (Wildman–Crippen LogP) is 4.62. The molecule has 6 nitrogen and oxygen atoms in total. The number of hydrogen-bond acceptors (Lipinski definition) is 6. The molecule has 3 N–H and O–H groups in total. The summed E-state index contributed by atoms with van der Waals surface area (Å²) >= 11 is 0. The molecule has 2 aromatic heterocycles. The monoisotopic (exact) mass is 421 g/mol. The number of hydrogen-bond donors (Lipinski definition) is 3. The molecule has 3 aromatic rings. The summed E-state index contributed by atoms with van der Waals surface area (Å²) < 4.78 is 53.1. The van der Waals surface area contributed by atoms with Crippen molar-refractivity contribution >= 4 is 17.3 Å². The van der Waals surface area contributed by atoms with Crippen molar-refractivity contribution < 1.29 is 22.7 Å². The highest BCUT2D eigenvalue weighted by molar-refractivity contribution is 5.65. The summed E-state index contributed by atoms with van der Waals surface area (Å²) in [6.45, 7) is 3.31. The van der Waals surface area contributed by atoms with Gasteiger partial charge in [-0.1, -0.05) is 12.1 Å². The van der Waals surface area contributed by atoms with Crippen LogP contribution in [0.25, 0.3) is 11.4 Å². The van der Waals surface area contributed by atoms with Gasteiger partial charge in [-0.25, -0.2) is 14.4 Å². The van der Waals surface area contributed by atoms with E-state index in [-0.39, 0.29) is 35.3 Å². The number of halogens is 4. The quantitative estimate of drug-likeness (QED) is 0.504. The van der Waals surface area contributed by atoms with Crippen LogP contribution in [0.1, 0.15) is 19.4 Å². The van der Waals surface area contributed by atoms with Crippen molar-refractivity contribution in [2.45, 2.75) is 25.6 Å². The van der Waals surface area contributed by atoms with Crippen LogP contribution < -0.4 is 10.6 Å². The Balaban J connectivity index is 1.99. The number of nitrogens with one attached hydrogen (secondary N) is 2. The van der Waals surface area contributed by atoms with Gasteiger partial charge >= 0.3 is 6.18 Å². The molecule has 0 saturated heterocycles. The van der Waals surface area contributed by atoms with Gasteiger partial charge in [-0.05, 0) is 32.0 Å². The number of aliphatic hydroxyl groups is 1. The zero-order valence-corrected chi connectivity index (χ0v) is 16.1. The van der Waals surface area contributed by atoms with Gasteiger partial charge in [0.2, 0.25) is 0 Å². The van der Waals surface area contributed by atoms with Gasteiger partial charge in [0.05, 0.1) is 28.6 Å². The average Bonchev–Trinajstić information content (AvgIpc) is 2.66. The van der Waals surface area contributed by atoms with Gasteiger partial charge in [-0.3, -0.25) is 4.98 Å². The van der Waals surface area contributed by atoms with E-state index in [9.17, 15) is 22.7 Å². The lowest BCUT2D eigenvalue weighted by molar-refractivity contribution is -0.137. The first-order chi connectivity index (χ1) is 14.0. The fourth-order valence-corrected chi connectivity index (χ4v) is 2.48. The van der Waals surface area contributed by atoms with Crippen molar-refractivity contribution in [2.75, 3.05) is 17.2 Å². The van der Waals surface area contributed by atoms with Crippen LogP contribution in [0.4, 0.5) is 34.9 Å². The van der Waals surface area contributed by atoms with Crippen LogP contribution in [0.5, 0.6) is 0 Å². The highest BCUT2D eigenvalue weighted by Crippen LogP contribution is 2.31. The minimum Gasteiger partial charge on any atom is -0.389 e. The molecule has 0 radical (unpaired) electrons. The molecule has 0 aliphatic rings. The van der Waals surface area contributed by atoms with E-state index in [1.54, 1.807) is 19.9 Å². The average molecular weight is 421 g/mol. The zero-order valence-electron chi connectivity index (χ0n) is 16.1. The molecule has 30 heavy (non-hydrogen) atoms. The van der Waals surface area contributed by atoms with Gasteiger partial charge < -0.3 is 15.7 Å². The Morgan fingerprint density at radius 2 is 1.70 bits per heavy atom. The molecule has 0 amide bonds. The third-order valence-electron chi connectivity index (χ3n) is 3.88. The minimum absolute atomic E-state index is 0.0243. The normalized spacial score (nSPS) is 12.0. The molecule has 1 aromatic carbocycles. The summed E-state index contributed by atoms with van der Waals surface area (Å²) in [6.07, 6.45) is -2.62. The lowest BCUT2D eigenvalue weighted by atomic mass is 10.1. The molecule has 0 atom stereocenters. The van der Waals surface area contributed by atoms with E-state index in [1.807, 2.05) is 0 Å². The van der Waals surface area contributed by atoms with Crippen LogP contribution in [0, 0.1) is 5.82 Å².